The average Bonchev–Trinajstić information content (AvgIpc) is 3.25. The van der Waals surface area contributed by atoms with Gasteiger partial charge in [-0.3, -0.25) is 4.79 Å². The Kier molecular flexibility index (Phi) is 3.74. The van der Waals surface area contributed by atoms with Crippen LogP contribution in [0.3, 0.4) is 0 Å². The fraction of sp³-hybridized carbons (Fsp3) is 0.211. The summed E-state index contributed by atoms with van der Waals surface area (Å²) in [7, 11) is 0. The molecule has 4 aromatic rings. The van der Waals surface area contributed by atoms with E-state index in [-0.39, 0.29) is 11.8 Å². The van der Waals surface area contributed by atoms with Gasteiger partial charge in [-0.25, -0.2) is 4.52 Å². The third-order valence-corrected chi connectivity index (χ3v) is 5.60. The fourth-order valence-corrected chi connectivity index (χ4v) is 4.00. The molecule has 5 rings (SSSR count). The van der Waals surface area contributed by atoms with Crippen molar-refractivity contribution in [1.29, 1.82) is 5.26 Å². The van der Waals surface area contributed by atoms with E-state index < -0.39 is 0 Å². The second-order valence-corrected chi connectivity index (χ2v) is 7.36. The van der Waals surface area contributed by atoms with Gasteiger partial charge in [-0.1, -0.05) is 0 Å². The minimum absolute atomic E-state index is 0.0598. The average molecular weight is 389 g/mol. The van der Waals surface area contributed by atoms with Crippen LogP contribution in [-0.4, -0.2) is 42.3 Å². The van der Waals surface area contributed by atoms with Crippen LogP contribution < -0.4 is 5.32 Å². The Bertz CT molecular complexity index is 1260. The van der Waals surface area contributed by atoms with Crippen LogP contribution in [-0.2, 0) is 0 Å². The number of benzene rings is 1. The highest BCUT2D eigenvalue weighted by Crippen LogP contribution is 2.29. The molecule has 0 unspecified atom stereocenters. The summed E-state index contributed by atoms with van der Waals surface area (Å²) in [5, 5.41) is 16.7. The smallest absolute Gasteiger partial charge is 0.255 e. The summed E-state index contributed by atoms with van der Waals surface area (Å²) in [6.45, 7) is 2.90. The predicted molar refractivity (Wildman–Crippen MR) is 106 cm³/mol. The molecule has 1 aromatic carbocycles. The summed E-state index contributed by atoms with van der Waals surface area (Å²) in [6, 6.07) is 9.90. The Morgan fingerprint density at radius 3 is 2.93 bits per heavy atom. The molecule has 0 spiro atoms. The Balaban J connectivity index is 1.50. The topological polar surface area (TPSA) is 99.2 Å². The highest BCUT2D eigenvalue weighted by molar-refractivity contribution is 7.00. The van der Waals surface area contributed by atoms with E-state index >= 15 is 0 Å². The molecule has 0 atom stereocenters. The van der Waals surface area contributed by atoms with E-state index in [1.807, 2.05) is 31.2 Å². The zero-order chi connectivity index (χ0) is 19.3. The third kappa shape index (κ3) is 2.58. The van der Waals surface area contributed by atoms with Crippen LogP contribution in [0.2, 0.25) is 0 Å². The molecule has 9 heteroatoms. The van der Waals surface area contributed by atoms with Gasteiger partial charge in [0.25, 0.3) is 5.91 Å². The largest absolute Gasteiger partial charge is 0.354 e. The quantitative estimate of drug-likeness (QED) is 0.578. The predicted octanol–water partition coefficient (Wildman–Crippen LogP) is 2.99. The van der Waals surface area contributed by atoms with Crippen molar-refractivity contribution in [3.63, 3.8) is 0 Å². The maximum atomic E-state index is 12.8. The van der Waals surface area contributed by atoms with Gasteiger partial charge >= 0.3 is 0 Å². The van der Waals surface area contributed by atoms with Crippen molar-refractivity contribution in [2.24, 2.45) is 5.92 Å². The van der Waals surface area contributed by atoms with Gasteiger partial charge in [0, 0.05) is 31.2 Å². The van der Waals surface area contributed by atoms with Crippen LogP contribution in [0.25, 0.3) is 16.6 Å². The second-order valence-electron chi connectivity index (χ2n) is 6.83. The molecule has 0 aliphatic carbocycles. The van der Waals surface area contributed by atoms with Crippen molar-refractivity contribution in [2.75, 3.05) is 18.4 Å². The number of carbonyl (C=O) groups excluding carboxylic acids is 1. The summed E-state index contributed by atoms with van der Waals surface area (Å²) in [5.74, 6) is -0.123. The monoisotopic (exact) mass is 389 g/mol. The molecule has 0 saturated carbocycles. The molecule has 1 fully saturated rings. The van der Waals surface area contributed by atoms with Crippen molar-refractivity contribution in [3.8, 4) is 6.07 Å². The number of nitrogens with zero attached hydrogens (tertiary/aromatic N) is 6. The maximum absolute atomic E-state index is 12.8. The number of likely N-dealkylation sites (tertiary alicyclic amines) is 1. The zero-order valence-electron chi connectivity index (χ0n) is 15.0. The van der Waals surface area contributed by atoms with E-state index in [1.54, 1.807) is 21.8 Å². The first kappa shape index (κ1) is 16.6. The number of anilines is 2. The molecule has 3 aromatic heterocycles. The van der Waals surface area contributed by atoms with Crippen LogP contribution in [0, 0.1) is 24.2 Å². The molecule has 138 valence electrons. The molecule has 1 amide bonds. The van der Waals surface area contributed by atoms with Crippen LogP contribution in [0.5, 0.6) is 0 Å². The van der Waals surface area contributed by atoms with E-state index in [4.69, 9.17) is 5.26 Å². The van der Waals surface area contributed by atoms with E-state index in [2.05, 4.69) is 25.2 Å². The lowest BCUT2D eigenvalue weighted by atomic mass is 10.0. The van der Waals surface area contributed by atoms with Gasteiger partial charge in [-0.15, -0.1) is 0 Å². The molecule has 1 aliphatic heterocycles. The van der Waals surface area contributed by atoms with Gasteiger partial charge < -0.3 is 10.2 Å². The highest BCUT2D eigenvalue weighted by Gasteiger charge is 2.32. The second kappa shape index (κ2) is 6.28. The van der Waals surface area contributed by atoms with Crippen molar-refractivity contribution < 1.29 is 4.79 Å². The van der Waals surface area contributed by atoms with E-state index in [1.165, 1.54) is 11.7 Å². The van der Waals surface area contributed by atoms with E-state index in [0.29, 0.717) is 18.7 Å². The van der Waals surface area contributed by atoms with Crippen LogP contribution in [0.4, 0.5) is 11.4 Å². The number of rotatable bonds is 3. The normalized spacial score (nSPS) is 14.2. The molecular weight excluding hydrogens is 374 g/mol. The number of hydrogen-bond acceptors (Lipinski definition) is 7. The lowest BCUT2D eigenvalue weighted by Crippen LogP contribution is -2.49. The number of nitrogens with one attached hydrogen (secondary N) is 1. The molecule has 1 saturated heterocycles. The SMILES string of the molecule is Cc1c(C(=O)N2CC(C#N)C2)cn2nccc(Nc3ccc4nsnc4c3)c12. The number of fused-ring (bicyclic) bond motifs is 2. The van der Waals surface area contributed by atoms with Crippen LogP contribution in [0.1, 0.15) is 15.9 Å². The van der Waals surface area contributed by atoms with Gasteiger partial charge in [0.15, 0.2) is 0 Å². The van der Waals surface area contributed by atoms with E-state index in [9.17, 15) is 4.79 Å². The van der Waals surface area contributed by atoms with Crippen LogP contribution >= 0.6 is 11.7 Å². The number of nitriles is 1. The molecule has 1 aliphatic rings. The van der Waals surface area contributed by atoms with Gasteiger partial charge in [0.2, 0.25) is 0 Å². The van der Waals surface area contributed by atoms with Gasteiger partial charge in [0.1, 0.15) is 11.0 Å². The number of amides is 1. The number of carbonyl (C=O) groups is 1. The van der Waals surface area contributed by atoms with Gasteiger partial charge in [-0.2, -0.15) is 19.1 Å². The minimum atomic E-state index is -0.0632. The first-order valence-corrected chi connectivity index (χ1v) is 9.52. The Morgan fingerprint density at radius 1 is 1.29 bits per heavy atom. The summed E-state index contributed by atoms with van der Waals surface area (Å²) in [6.07, 6.45) is 3.45. The zero-order valence-corrected chi connectivity index (χ0v) is 15.8. The molecule has 1 N–H and O–H groups in total. The maximum Gasteiger partial charge on any atom is 0.255 e. The Hall–Kier alpha value is -3.51. The molecule has 8 nitrogen and oxygen atoms in total. The van der Waals surface area contributed by atoms with Crippen molar-refractivity contribution in [3.05, 3.63) is 47.8 Å². The molecule has 28 heavy (non-hydrogen) atoms. The minimum Gasteiger partial charge on any atom is -0.354 e. The van der Waals surface area contributed by atoms with Gasteiger partial charge in [-0.05, 0) is 36.8 Å². The molecule has 0 radical (unpaired) electrons. The van der Waals surface area contributed by atoms with Gasteiger partial charge in [0.05, 0.1) is 40.5 Å². The summed E-state index contributed by atoms with van der Waals surface area (Å²) >= 11 is 1.19. The molecular formula is C19H15N7OS. The summed E-state index contributed by atoms with van der Waals surface area (Å²) in [4.78, 5) is 14.5. The fourth-order valence-electron chi connectivity index (χ4n) is 3.49. The van der Waals surface area contributed by atoms with Crippen molar-refractivity contribution in [2.45, 2.75) is 6.92 Å². The highest BCUT2D eigenvalue weighted by atomic mass is 32.1. The standard InChI is InChI=1S/C19H15N7OS/c1-11-14(19(27)25-8-12(7-20)9-25)10-26-18(11)16(4-5-21-26)22-13-2-3-15-17(6-13)24-28-23-15/h2-6,10,12,22H,8-9H2,1H3. The van der Waals surface area contributed by atoms with Crippen molar-refractivity contribution >= 4 is 45.6 Å². The Morgan fingerprint density at radius 2 is 2.11 bits per heavy atom. The first-order chi connectivity index (χ1) is 13.6. The summed E-state index contributed by atoms with van der Waals surface area (Å²) < 4.78 is 10.2. The first-order valence-electron chi connectivity index (χ1n) is 8.79. The lowest BCUT2D eigenvalue weighted by molar-refractivity contribution is 0.0576. The summed E-state index contributed by atoms with van der Waals surface area (Å²) in [5.41, 5.74) is 5.77. The van der Waals surface area contributed by atoms with Crippen LogP contribution in [0.15, 0.2) is 36.7 Å². The number of aromatic nitrogens is 4. The third-order valence-electron chi connectivity index (χ3n) is 5.04. The Labute approximate surface area is 164 Å². The number of aryl methyl sites for hydroxylation is 1. The lowest BCUT2D eigenvalue weighted by Gasteiger charge is -2.35. The molecule has 4 heterocycles. The molecule has 0 bridgehead atoms. The van der Waals surface area contributed by atoms with Crippen molar-refractivity contribution in [1.82, 2.24) is 23.3 Å². The number of hydrogen-bond donors (Lipinski definition) is 1. The van der Waals surface area contributed by atoms with E-state index in [0.717, 1.165) is 33.5 Å².